The van der Waals surface area contributed by atoms with Crippen molar-refractivity contribution in [2.45, 2.75) is 82.6 Å². The van der Waals surface area contributed by atoms with Crippen molar-refractivity contribution in [1.82, 2.24) is 9.80 Å². The maximum Gasteiger partial charge on any atom is 0.273 e. The number of halogens is 1. The first kappa shape index (κ1) is 85.7. The number of phenols is 6. The SMILES string of the molecule is CN(C)CC[C@H](CSc1ccccc1)Cc1ccc(S(=O)(=O)CC(=O)c2ccc(N3CCN(Cc4ccccc4-c4ccc(Cl)cc4)CC3)cc2)cc1[N+](=O)[O-].COc1ccc2c(c[n+](C)c3c4cc5c(cc4ccc23)OCO5)c1OC.Cc1cc2c(C(C)C)c(O)c(O)c(C=O)c2c(O)c1-c1c(C)cc2c(C(C)C)c(O)c(O)c(C=O)c2c1O. The van der Waals surface area contributed by atoms with E-state index >= 15 is 0 Å². The Labute approximate surface area is 705 Å². The van der Waals surface area contributed by atoms with Crippen molar-refractivity contribution >= 4 is 117 Å². The fourth-order valence-electron chi connectivity index (χ4n) is 16.4. The van der Waals surface area contributed by atoms with Gasteiger partial charge in [-0.1, -0.05) is 118 Å². The van der Waals surface area contributed by atoms with E-state index in [1.807, 2.05) is 100 Å². The second kappa shape index (κ2) is 36.2. The number of hydrogen-bond donors (Lipinski definition) is 6. The number of sulfone groups is 1. The molecule has 15 rings (SSSR count). The maximum absolute atomic E-state index is 13.5. The minimum absolute atomic E-state index is 0.00512. The number of thioether (sulfide) groups is 1. The van der Waals surface area contributed by atoms with Crippen LogP contribution in [-0.2, 0) is 29.9 Å². The summed E-state index contributed by atoms with van der Waals surface area (Å²) in [6.07, 6.45) is 4.03. The van der Waals surface area contributed by atoms with Gasteiger partial charge in [-0.25, -0.2) is 8.42 Å². The molecule has 120 heavy (non-hydrogen) atoms. The minimum Gasteiger partial charge on any atom is -0.507 e. The van der Waals surface area contributed by atoms with Crippen molar-refractivity contribution < 1.29 is 81.9 Å². The van der Waals surface area contributed by atoms with E-state index in [1.54, 1.807) is 91.8 Å². The number of hydrogen-bond acceptors (Lipinski definition) is 21. The average Bonchev–Trinajstić information content (AvgIpc) is 0.899. The highest BCUT2D eigenvalue weighted by atomic mass is 35.5. The Morgan fingerprint density at radius 3 is 1.80 bits per heavy atom. The number of ether oxygens (including phenoxy) is 4. The molecular formula is C95H95ClN5O17S2+. The quantitative estimate of drug-likeness (QED) is 0.00479. The fraction of sp³-hybridized carbons (Fsp3) is 0.263. The van der Waals surface area contributed by atoms with Crippen LogP contribution in [0.5, 0.6) is 57.5 Å². The number of aldehydes is 2. The summed E-state index contributed by atoms with van der Waals surface area (Å²) in [6, 6.07) is 53.1. The number of nitro benzene ring substituents is 1. The van der Waals surface area contributed by atoms with Crippen LogP contribution < -0.4 is 28.4 Å². The van der Waals surface area contributed by atoms with Crippen LogP contribution in [0.15, 0.2) is 186 Å². The monoisotopic (exact) mass is 1680 g/mol. The van der Waals surface area contributed by atoms with Gasteiger partial charge in [-0.15, -0.1) is 11.8 Å². The summed E-state index contributed by atoms with van der Waals surface area (Å²) in [6.45, 7) is 15.8. The molecule has 25 heteroatoms. The number of nitro groups is 1. The molecular weight excluding hydrogens is 1580 g/mol. The Morgan fingerprint density at radius 2 is 1.23 bits per heavy atom. The summed E-state index contributed by atoms with van der Waals surface area (Å²) in [5, 5.41) is 84.9. The molecule has 13 aromatic rings. The van der Waals surface area contributed by atoms with Crippen LogP contribution in [0.4, 0.5) is 11.4 Å². The number of Topliss-reactive ketones (excluding diaryl/α,β-unsaturated/α-hetero) is 1. The third-order valence-corrected chi connectivity index (χ3v) is 25.5. The Bertz CT molecular complexity index is 6150. The van der Waals surface area contributed by atoms with Crippen molar-refractivity contribution in [1.29, 1.82) is 0 Å². The molecule has 620 valence electrons. The summed E-state index contributed by atoms with van der Waals surface area (Å²) in [5.41, 5.74) is 7.53. The summed E-state index contributed by atoms with van der Waals surface area (Å²) in [7, 11) is 5.21. The van der Waals surface area contributed by atoms with Gasteiger partial charge < -0.3 is 59.4 Å². The zero-order valence-electron chi connectivity index (χ0n) is 68.5. The van der Waals surface area contributed by atoms with Crippen LogP contribution >= 0.6 is 23.4 Å². The second-order valence-electron chi connectivity index (χ2n) is 31.2. The van der Waals surface area contributed by atoms with Crippen molar-refractivity contribution in [3.8, 4) is 79.7 Å². The highest BCUT2D eigenvalue weighted by Crippen LogP contribution is 2.55. The van der Waals surface area contributed by atoms with Crippen LogP contribution in [0.2, 0.25) is 5.02 Å². The lowest BCUT2D eigenvalue weighted by Gasteiger charge is -2.36. The Balaban J connectivity index is 0.000000167. The molecule has 12 aromatic carbocycles. The minimum atomic E-state index is -4.15. The van der Waals surface area contributed by atoms with Crippen LogP contribution in [0.1, 0.15) is 110 Å². The number of nitrogens with zero attached hydrogens (tertiary/aromatic N) is 5. The lowest BCUT2D eigenvalue weighted by Crippen LogP contribution is -2.46. The summed E-state index contributed by atoms with van der Waals surface area (Å²) in [5.74, 6) is -0.968. The molecule has 1 saturated heterocycles. The summed E-state index contributed by atoms with van der Waals surface area (Å²) < 4.78 is 51.3. The van der Waals surface area contributed by atoms with Gasteiger partial charge in [0.1, 0.15) is 24.3 Å². The zero-order valence-corrected chi connectivity index (χ0v) is 70.9. The van der Waals surface area contributed by atoms with Gasteiger partial charge in [0.2, 0.25) is 12.3 Å². The number of ketones is 1. The molecule has 0 bridgehead atoms. The molecule has 1 fully saturated rings. The molecule has 6 N–H and O–H groups in total. The molecule has 3 heterocycles. The predicted molar refractivity (Wildman–Crippen MR) is 472 cm³/mol. The lowest BCUT2D eigenvalue weighted by molar-refractivity contribution is -0.642. The predicted octanol–water partition coefficient (Wildman–Crippen LogP) is 18.9. The number of aromatic nitrogens is 1. The van der Waals surface area contributed by atoms with Crippen molar-refractivity contribution in [3.05, 3.63) is 241 Å². The molecule has 0 radical (unpaired) electrons. The van der Waals surface area contributed by atoms with E-state index in [1.165, 1.54) is 23.3 Å². The number of aromatic hydroxyl groups is 6. The molecule has 0 spiro atoms. The van der Waals surface area contributed by atoms with E-state index in [-0.39, 0.29) is 73.7 Å². The van der Waals surface area contributed by atoms with Gasteiger partial charge in [-0.2, -0.15) is 4.57 Å². The number of benzene rings is 12. The van der Waals surface area contributed by atoms with Crippen LogP contribution in [0.25, 0.3) is 76.2 Å². The molecule has 2 aliphatic rings. The van der Waals surface area contributed by atoms with Gasteiger partial charge in [-0.3, -0.25) is 29.4 Å². The van der Waals surface area contributed by atoms with E-state index in [9.17, 15) is 63.6 Å². The molecule has 1 aromatic heterocycles. The van der Waals surface area contributed by atoms with E-state index in [0.717, 1.165) is 129 Å². The van der Waals surface area contributed by atoms with Gasteiger partial charge in [0.05, 0.1) is 51.3 Å². The standard InChI is InChI=1S/C44H47ClN4O5S2.C30H30O8.C21H18NO4/c1-46(2)23-22-33(31-55-40-9-4-3-5-10-40)28-36-16-21-41(29-43(36)49(51)52)56(53,54)32-44(50)35-14-19-39(20-15-35)48-26-24-47(25-27-48)30-37-8-6-7-11-42(37)34-12-17-38(45)18-13-34;1-11(2)19-15-7-13(5)21(27(35)23(15)17(9-31)25(33)29(19)37)22-14(6)8-16-20(12(3)4)30(38)26(34)18(10-32)24(16)28(22)36;1-22-10-16-13(6-7-17(23-2)21(16)24-3)14-5-4-12-8-18-19(26-11-25-18)9-15(12)20(14)22/h3-21,29,33H,22-28,30-32H2,1-2H3;7-12,33-38H,1-6H3;4-10H,11H2,1-3H3/q;;+1/t33-;;/m0../s1. The number of carbonyl (C=O) groups is 3. The first-order valence-corrected chi connectivity index (χ1v) is 42.3. The fourth-order valence-corrected chi connectivity index (χ4v) is 18.9. The van der Waals surface area contributed by atoms with Crippen molar-refractivity contribution in [3.63, 3.8) is 0 Å². The molecule has 0 saturated carbocycles. The molecule has 0 aliphatic carbocycles. The molecule has 22 nitrogen and oxygen atoms in total. The van der Waals surface area contributed by atoms with Gasteiger partial charge in [0.25, 0.3) is 5.69 Å². The van der Waals surface area contributed by atoms with Crippen LogP contribution in [0, 0.1) is 29.9 Å². The number of methoxy groups -OCH3 is 2. The molecule has 0 amide bonds. The van der Waals surface area contributed by atoms with E-state index in [4.69, 9.17) is 30.5 Å². The normalized spacial score (nSPS) is 13.1. The van der Waals surface area contributed by atoms with Gasteiger partial charge in [0.15, 0.2) is 80.4 Å². The summed E-state index contributed by atoms with van der Waals surface area (Å²) >= 11 is 7.82. The Kier molecular flexibility index (Phi) is 25.8. The third kappa shape index (κ3) is 17.4. The first-order valence-electron chi connectivity index (χ1n) is 39.3. The topological polar surface area (TPSA) is 300 Å². The number of carbonyl (C=O) groups excluding carboxylic acids is 3. The number of piperazine rings is 1. The highest BCUT2D eigenvalue weighted by Gasteiger charge is 2.33. The smallest absolute Gasteiger partial charge is 0.273 e. The average molecular weight is 1680 g/mol. The van der Waals surface area contributed by atoms with E-state index in [2.05, 4.69) is 74.0 Å². The molecule has 2 aliphatic heterocycles. The first-order chi connectivity index (χ1) is 57.4. The number of aryl methyl sites for hydroxylation is 3. The number of rotatable bonds is 24. The summed E-state index contributed by atoms with van der Waals surface area (Å²) in [4.78, 5) is 56.7. The van der Waals surface area contributed by atoms with Crippen LogP contribution in [0.3, 0.4) is 0 Å². The van der Waals surface area contributed by atoms with E-state index in [0.29, 0.717) is 62.6 Å². The zero-order chi connectivity index (χ0) is 85.9. The number of fused-ring (bicyclic) bond motifs is 8. The number of anilines is 1. The van der Waals surface area contributed by atoms with Gasteiger partial charge >= 0.3 is 0 Å². The van der Waals surface area contributed by atoms with Gasteiger partial charge in [-0.05, 0) is 194 Å². The highest BCUT2D eigenvalue weighted by molar-refractivity contribution is 7.99. The maximum atomic E-state index is 13.5. The largest absolute Gasteiger partial charge is 0.507 e. The van der Waals surface area contributed by atoms with E-state index < -0.39 is 60.8 Å². The van der Waals surface area contributed by atoms with Crippen molar-refractivity contribution in [2.75, 3.05) is 84.2 Å². The third-order valence-electron chi connectivity index (χ3n) is 22.4. The van der Waals surface area contributed by atoms with Gasteiger partial charge in [0, 0.05) is 110 Å². The number of pyridine rings is 1. The Hall–Kier alpha value is -12.2. The second-order valence-corrected chi connectivity index (χ2v) is 34.7. The molecule has 1 atom stereocenters. The van der Waals surface area contributed by atoms with Crippen molar-refractivity contribution in [2.24, 2.45) is 13.0 Å². The van der Waals surface area contributed by atoms with Crippen LogP contribution in [-0.4, -0.2) is 151 Å². The number of phenolic OH excluding ortho intramolecular Hbond substituents is 6. The Morgan fingerprint density at radius 1 is 0.650 bits per heavy atom. The lowest BCUT2D eigenvalue weighted by atomic mass is 9.83. The molecule has 0 unspecified atom stereocenters.